The van der Waals surface area contributed by atoms with Crippen LogP contribution < -0.4 is 5.32 Å². The van der Waals surface area contributed by atoms with Gasteiger partial charge in [0.1, 0.15) is 0 Å². The average Bonchev–Trinajstić information content (AvgIpc) is 3.12. The van der Waals surface area contributed by atoms with Crippen LogP contribution in [0.4, 0.5) is 5.82 Å². The molecule has 6 heteroatoms. The molecule has 1 aliphatic carbocycles. The van der Waals surface area contributed by atoms with E-state index in [2.05, 4.69) is 20.5 Å². The number of pyridine rings is 1. The molecular formula is C15H17ClN4O. The van der Waals surface area contributed by atoms with E-state index in [1.54, 1.807) is 12.1 Å². The number of aromatic nitrogens is 3. The molecule has 110 valence electrons. The van der Waals surface area contributed by atoms with Crippen molar-refractivity contribution >= 4 is 23.3 Å². The summed E-state index contributed by atoms with van der Waals surface area (Å²) >= 11 is 5.77. The van der Waals surface area contributed by atoms with Gasteiger partial charge in [-0.1, -0.05) is 24.4 Å². The van der Waals surface area contributed by atoms with Gasteiger partial charge in [-0.15, -0.1) is 0 Å². The number of anilines is 1. The second-order valence-electron chi connectivity index (χ2n) is 5.38. The summed E-state index contributed by atoms with van der Waals surface area (Å²) < 4.78 is 0. The zero-order chi connectivity index (χ0) is 14.7. The van der Waals surface area contributed by atoms with Gasteiger partial charge in [0, 0.05) is 29.6 Å². The largest absolute Gasteiger partial charge is 0.309 e. The minimum Gasteiger partial charge on any atom is -0.309 e. The van der Waals surface area contributed by atoms with E-state index in [-0.39, 0.29) is 12.3 Å². The second-order valence-corrected chi connectivity index (χ2v) is 5.82. The summed E-state index contributed by atoms with van der Waals surface area (Å²) in [5.41, 5.74) is 1.80. The summed E-state index contributed by atoms with van der Waals surface area (Å²) in [4.78, 5) is 16.1. The summed E-state index contributed by atoms with van der Waals surface area (Å²) in [5, 5.41) is 10.5. The zero-order valence-corrected chi connectivity index (χ0v) is 12.4. The second kappa shape index (κ2) is 6.26. The fourth-order valence-corrected chi connectivity index (χ4v) is 2.82. The molecule has 1 saturated carbocycles. The van der Waals surface area contributed by atoms with Gasteiger partial charge in [0.05, 0.1) is 11.4 Å². The number of carbonyl (C=O) groups excluding carboxylic acids is 1. The number of halogens is 1. The van der Waals surface area contributed by atoms with Gasteiger partial charge in [-0.3, -0.25) is 14.9 Å². The molecule has 0 spiro atoms. The Morgan fingerprint density at radius 1 is 1.38 bits per heavy atom. The highest BCUT2D eigenvalue weighted by molar-refractivity contribution is 6.30. The third-order valence-corrected chi connectivity index (χ3v) is 4.01. The lowest BCUT2D eigenvalue weighted by molar-refractivity contribution is -0.115. The van der Waals surface area contributed by atoms with Crippen molar-refractivity contribution in [2.24, 2.45) is 0 Å². The predicted molar refractivity (Wildman–Crippen MR) is 81.4 cm³/mol. The molecule has 1 aliphatic rings. The Balaban J connectivity index is 1.58. The van der Waals surface area contributed by atoms with Crippen LogP contribution in [-0.4, -0.2) is 21.1 Å². The Hall–Kier alpha value is -1.88. The van der Waals surface area contributed by atoms with E-state index in [0.29, 0.717) is 22.5 Å². The Morgan fingerprint density at radius 2 is 2.19 bits per heavy atom. The molecule has 1 amide bonds. The number of hydrogen-bond donors (Lipinski definition) is 2. The van der Waals surface area contributed by atoms with Crippen molar-refractivity contribution < 1.29 is 4.79 Å². The predicted octanol–water partition coefficient (Wildman–Crippen LogP) is 3.30. The molecule has 0 unspecified atom stereocenters. The molecule has 1 fully saturated rings. The van der Waals surface area contributed by atoms with Crippen molar-refractivity contribution in [1.82, 2.24) is 15.2 Å². The number of carbonyl (C=O) groups is 1. The number of aromatic amines is 1. The lowest BCUT2D eigenvalue weighted by atomic mass is 10.0. The lowest BCUT2D eigenvalue weighted by Gasteiger charge is -2.03. The van der Waals surface area contributed by atoms with Gasteiger partial charge in [-0.25, -0.2) is 0 Å². The summed E-state index contributed by atoms with van der Waals surface area (Å²) in [6.07, 6.45) is 6.69. The van der Waals surface area contributed by atoms with Gasteiger partial charge >= 0.3 is 0 Å². The van der Waals surface area contributed by atoms with Crippen molar-refractivity contribution in [1.29, 1.82) is 0 Å². The lowest BCUT2D eigenvalue weighted by Crippen LogP contribution is -2.15. The topological polar surface area (TPSA) is 70.7 Å². The first-order valence-corrected chi connectivity index (χ1v) is 7.54. The van der Waals surface area contributed by atoms with Crippen LogP contribution in [0, 0.1) is 0 Å². The van der Waals surface area contributed by atoms with Crippen molar-refractivity contribution in [2.75, 3.05) is 5.32 Å². The number of nitrogens with one attached hydrogen (secondary N) is 2. The van der Waals surface area contributed by atoms with Crippen LogP contribution in [0.25, 0.3) is 0 Å². The van der Waals surface area contributed by atoms with Crippen LogP contribution in [0.15, 0.2) is 24.4 Å². The van der Waals surface area contributed by atoms with Crippen LogP contribution in [0.1, 0.15) is 43.0 Å². The highest BCUT2D eigenvalue weighted by Gasteiger charge is 2.19. The first-order valence-electron chi connectivity index (χ1n) is 7.16. The highest BCUT2D eigenvalue weighted by atomic mass is 35.5. The number of rotatable bonds is 4. The van der Waals surface area contributed by atoms with E-state index < -0.39 is 0 Å². The van der Waals surface area contributed by atoms with Gasteiger partial charge in [-0.05, 0) is 25.0 Å². The molecule has 0 radical (unpaired) electrons. The van der Waals surface area contributed by atoms with Crippen LogP contribution in [0.3, 0.4) is 0 Å². The van der Waals surface area contributed by atoms with Crippen LogP contribution in [0.2, 0.25) is 5.02 Å². The van der Waals surface area contributed by atoms with E-state index in [4.69, 9.17) is 11.6 Å². The molecule has 0 bridgehead atoms. The molecule has 3 rings (SSSR count). The Morgan fingerprint density at radius 3 is 2.90 bits per heavy atom. The average molecular weight is 305 g/mol. The third-order valence-electron chi connectivity index (χ3n) is 3.79. The molecule has 0 aromatic carbocycles. The molecule has 21 heavy (non-hydrogen) atoms. The van der Waals surface area contributed by atoms with Crippen molar-refractivity contribution in [2.45, 2.75) is 38.0 Å². The summed E-state index contributed by atoms with van der Waals surface area (Å²) in [5.74, 6) is 1.01. The van der Waals surface area contributed by atoms with E-state index in [1.807, 2.05) is 6.07 Å². The smallest absolute Gasteiger partial charge is 0.231 e. The molecule has 2 aromatic heterocycles. The monoisotopic (exact) mass is 304 g/mol. The van der Waals surface area contributed by atoms with E-state index in [1.165, 1.54) is 31.9 Å². The molecule has 0 atom stereocenters. The fourth-order valence-electron chi connectivity index (χ4n) is 2.71. The van der Waals surface area contributed by atoms with Gasteiger partial charge in [0.2, 0.25) is 5.91 Å². The standard InChI is InChI=1S/C15H17ClN4O/c16-11-5-6-12(17-9-11)7-15(21)18-14-8-13(19-20-14)10-3-1-2-4-10/h5-6,8-10H,1-4,7H2,(H2,18,19,20,21). The normalized spacial score (nSPS) is 15.3. The summed E-state index contributed by atoms with van der Waals surface area (Å²) in [7, 11) is 0. The maximum Gasteiger partial charge on any atom is 0.231 e. The molecule has 2 heterocycles. The van der Waals surface area contributed by atoms with E-state index >= 15 is 0 Å². The number of nitrogens with zero attached hydrogens (tertiary/aromatic N) is 2. The Kier molecular flexibility index (Phi) is 4.20. The maximum atomic E-state index is 12.0. The molecule has 2 aromatic rings. The minimum atomic E-state index is -0.130. The minimum absolute atomic E-state index is 0.130. The zero-order valence-electron chi connectivity index (χ0n) is 11.6. The number of hydrogen-bond acceptors (Lipinski definition) is 3. The van der Waals surface area contributed by atoms with Gasteiger partial charge in [0.25, 0.3) is 0 Å². The first kappa shape index (κ1) is 14.1. The Labute approximate surface area is 128 Å². The quantitative estimate of drug-likeness (QED) is 0.910. The molecule has 0 aliphatic heterocycles. The van der Waals surface area contributed by atoms with E-state index in [9.17, 15) is 4.79 Å². The van der Waals surface area contributed by atoms with Gasteiger partial charge in [0.15, 0.2) is 5.82 Å². The molecule has 2 N–H and O–H groups in total. The van der Waals surface area contributed by atoms with Crippen LogP contribution >= 0.6 is 11.6 Å². The summed E-state index contributed by atoms with van der Waals surface area (Å²) in [6.45, 7) is 0. The van der Waals surface area contributed by atoms with Crippen LogP contribution in [0.5, 0.6) is 0 Å². The maximum absolute atomic E-state index is 12.0. The van der Waals surface area contributed by atoms with Crippen molar-refractivity contribution in [3.63, 3.8) is 0 Å². The fraction of sp³-hybridized carbons (Fsp3) is 0.400. The van der Waals surface area contributed by atoms with Crippen molar-refractivity contribution in [3.8, 4) is 0 Å². The van der Waals surface area contributed by atoms with Gasteiger partial charge < -0.3 is 5.32 Å². The number of amides is 1. The molecule has 0 saturated heterocycles. The highest BCUT2D eigenvalue weighted by Crippen LogP contribution is 2.33. The third kappa shape index (κ3) is 3.61. The van der Waals surface area contributed by atoms with Crippen molar-refractivity contribution in [3.05, 3.63) is 40.8 Å². The number of H-pyrrole nitrogens is 1. The SMILES string of the molecule is O=C(Cc1ccc(Cl)cn1)Nc1cc(C2CCCC2)[nH]n1. The van der Waals surface area contributed by atoms with Gasteiger partial charge in [-0.2, -0.15) is 5.10 Å². The molecule has 5 nitrogen and oxygen atoms in total. The first-order chi connectivity index (χ1) is 10.2. The summed E-state index contributed by atoms with van der Waals surface area (Å²) in [6, 6.07) is 5.41. The van der Waals surface area contributed by atoms with Crippen LogP contribution in [-0.2, 0) is 11.2 Å². The van der Waals surface area contributed by atoms with E-state index in [0.717, 1.165) is 5.69 Å². The Bertz CT molecular complexity index is 617. The molecular weight excluding hydrogens is 288 g/mol.